The first kappa shape index (κ1) is 14.1. The highest BCUT2D eigenvalue weighted by Crippen LogP contribution is 2.28. The number of aromatic amines is 1. The molecule has 4 rings (SSSR count). The van der Waals surface area contributed by atoms with Crippen molar-refractivity contribution < 1.29 is 4.79 Å². The van der Waals surface area contributed by atoms with Crippen molar-refractivity contribution in [3.05, 3.63) is 53.0 Å². The fourth-order valence-corrected chi connectivity index (χ4v) is 3.51. The largest absolute Gasteiger partial charge is 0.357 e. The molecule has 5 heteroatoms. The van der Waals surface area contributed by atoms with Crippen LogP contribution in [0.15, 0.2) is 30.5 Å². The van der Waals surface area contributed by atoms with Crippen LogP contribution in [0.3, 0.4) is 0 Å². The normalized spacial score (nSPS) is 14.3. The number of benzene rings is 1. The zero-order chi connectivity index (χ0) is 16.0. The van der Waals surface area contributed by atoms with Gasteiger partial charge in [0.05, 0.1) is 18.3 Å². The summed E-state index contributed by atoms with van der Waals surface area (Å²) in [5, 5.41) is 5.57. The van der Waals surface area contributed by atoms with Crippen molar-refractivity contribution in [1.82, 2.24) is 19.7 Å². The summed E-state index contributed by atoms with van der Waals surface area (Å²) >= 11 is 0. The second kappa shape index (κ2) is 5.26. The van der Waals surface area contributed by atoms with E-state index in [1.807, 2.05) is 29.5 Å². The van der Waals surface area contributed by atoms with Crippen LogP contribution in [-0.4, -0.2) is 32.1 Å². The lowest BCUT2D eigenvalue weighted by atomic mass is 10.0. The topological polar surface area (TPSA) is 53.9 Å². The maximum absolute atomic E-state index is 12.8. The highest BCUT2D eigenvalue weighted by Gasteiger charge is 2.26. The molecule has 0 fully saturated rings. The van der Waals surface area contributed by atoms with Gasteiger partial charge in [-0.2, -0.15) is 5.10 Å². The van der Waals surface area contributed by atoms with Crippen LogP contribution in [0.25, 0.3) is 10.9 Å². The molecule has 0 atom stereocenters. The fraction of sp³-hybridized carbons (Fsp3) is 0.333. The zero-order valence-electron chi connectivity index (χ0n) is 13.5. The first-order chi connectivity index (χ1) is 11.2. The van der Waals surface area contributed by atoms with E-state index < -0.39 is 0 Å². The van der Waals surface area contributed by atoms with E-state index in [2.05, 4.69) is 28.3 Å². The summed E-state index contributed by atoms with van der Waals surface area (Å²) in [5.74, 6) is 0.0755. The Kier molecular flexibility index (Phi) is 3.22. The van der Waals surface area contributed by atoms with Crippen molar-refractivity contribution >= 4 is 16.8 Å². The van der Waals surface area contributed by atoms with E-state index >= 15 is 0 Å². The van der Waals surface area contributed by atoms with Crippen LogP contribution in [0.2, 0.25) is 0 Å². The number of aryl methyl sites for hydroxylation is 1. The van der Waals surface area contributed by atoms with E-state index in [0.29, 0.717) is 12.1 Å². The predicted octanol–water partition coefficient (Wildman–Crippen LogP) is 2.89. The van der Waals surface area contributed by atoms with E-state index in [9.17, 15) is 4.79 Å². The van der Waals surface area contributed by atoms with Crippen molar-refractivity contribution in [3.63, 3.8) is 0 Å². The third-order valence-electron chi connectivity index (χ3n) is 4.80. The van der Waals surface area contributed by atoms with Gasteiger partial charge in [0.2, 0.25) is 0 Å². The molecule has 2 aromatic heterocycles. The predicted molar refractivity (Wildman–Crippen MR) is 89.4 cm³/mol. The van der Waals surface area contributed by atoms with Crippen molar-refractivity contribution in [3.8, 4) is 0 Å². The minimum absolute atomic E-state index is 0.0755. The third kappa shape index (κ3) is 2.15. The van der Waals surface area contributed by atoms with E-state index in [-0.39, 0.29) is 5.91 Å². The van der Waals surface area contributed by atoms with Crippen molar-refractivity contribution in [1.29, 1.82) is 0 Å². The first-order valence-electron chi connectivity index (χ1n) is 8.09. The number of para-hydroxylation sites is 1. The molecular weight excluding hydrogens is 288 g/mol. The molecule has 23 heavy (non-hydrogen) atoms. The van der Waals surface area contributed by atoms with Gasteiger partial charge in [0.15, 0.2) is 0 Å². The number of rotatable bonds is 2. The van der Waals surface area contributed by atoms with Gasteiger partial charge in [-0.3, -0.25) is 9.48 Å². The van der Waals surface area contributed by atoms with E-state index in [1.165, 1.54) is 10.9 Å². The zero-order valence-corrected chi connectivity index (χ0v) is 13.5. The Bertz CT molecular complexity index is 890. The SMILES string of the molecule is CCn1ncc(C(=O)N2CCc3c([nH]c4ccccc34)C2)c1C. The first-order valence-corrected chi connectivity index (χ1v) is 8.09. The Hall–Kier alpha value is -2.56. The maximum atomic E-state index is 12.8. The molecule has 0 spiro atoms. The van der Waals surface area contributed by atoms with Crippen LogP contribution in [0.5, 0.6) is 0 Å². The monoisotopic (exact) mass is 308 g/mol. The quantitative estimate of drug-likeness (QED) is 0.791. The second-order valence-electron chi connectivity index (χ2n) is 6.06. The minimum atomic E-state index is 0.0755. The van der Waals surface area contributed by atoms with Crippen LogP contribution < -0.4 is 0 Å². The Morgan fingerprint density at radius 2 is 2.17 bits per heavy atom. The van der Waals surface area contributed by atoms with Crippen LogP contribution in [0.1, 0.15) is 34.2 Å². The molecule has 0 unspecified atom stereocenters. The highest BCUT2D eigenvalue weighted by molar-refractivity contribution is 5.95. The van der Waals surface area contributed by atoms with E-state index in [0.717, 1.165) is 36.4 Å². The van der Waals surface area contributed by atoms with Gasteiger partial charge in [-0.25, -0.2) is 0 Å². The van der Waals surface area contributed by atoms with Crippen molar-refractivity contribution in [2.45, 2.75) is 33.4 Å². The van der Waals surface area contributed by atoms with E-state index in [1.54, 1.807) is 6.20 Å². The minimum Gasteiger partial charge on any atom is -0.357 e. The van der Waals surface area contributed by atoms with Gasteiger partial charge in [-0.15, -0.1) is 0 Å². The van der Waals surface area contributed by atoms with Gasteiger partial charge in [-0.1, -0.05) is 18.2 Å². The maximum Gasteiger partial charge on any atom is 0.257 e. The number of hydrogen-bond donors (Lipinski definition) is 1. The molecule has 3 aromatic rings. The lowest BCUT2D eigenvalue weighted by molar-refractivity contribution is 0.0732. The van der Waals surface area contributed by atoms with Gasteiger partial charge in [0.1, 0.15) is 0 Å². The number of H-pyrrole nitrogens is 1. The number of nitrogens with one attached hydrogen (secondary N) is 1. The summed E-state index contributed by atoms with van der Waals surface area (Å²) in [5.41, 5.74) is 5.32. The Balaban J connectivity index is 1.64. The Morgan fingerprint density at radius 1 is 1.35 bits per heavy atom. The molecule has 3 heterocycles. The average Bonchev–Trinajstić information content (AvgIpc) is 3.13. The number of hydrogen-bond acceptors (Lipinski definition) is 2. The van der Waals surface area contributed by atoms with Crippen molar-refractivity contribution in [2.24, 2.45) is 0 Å². The van der Waals surface area contributed by atoms with Gasteiger partial charge in [0.25, 0.3) is 5.91 Å². The summed E-state index contributed by atoms with van der Waals surface area (Å²) in [6.45, 7) is 6.17. The molecule has 0 saturated heterocycles. The molecular formula is C18H20N4O. The summed E-state index contributed by atoms with van der Waals surface area (Å²) < 4.78 is 1.87. The molecule has 1 amide bonds. The highest BCUT2D eigenvalue weighted by atomic mass is 16.2. The van der Waals surface area contributed by atoms with Crippen molar-refractivity contribution in [2.75, 3.05) is 6.54 Å². The van der Waals surface area contributed by atoms with Gasteiger partial charge in [-0.05, 0) is 31.9 Å². The van der Waals surface area contributed by atoms with Gasteiger partial charge >= 0.3 is 0 Å². The molecule has 5 nitrogen and oxygen atoms in total. The Labute approximate surface area is 134 Å². The summed E-state index contributed by atoms with van der Waals surface area (Å²) in [6.07, 6.45) is 2.59. The molecule has 1 aliphatic rings. The van der Waals surface area contributed by atoms with E-state index in [4.69, 9.17) is 0 Å². The average molecular weight is 308 g/mol. The molecule has 1 N–H and O–H groups in total. The van der Waals surface area contributed by atoms with Crippen LogP contribution in [0.4, 0.5) is 0 Å². The molecule has 1 aliphatic heterocycles. The second-order valence-corrected chi connectivity index (χ2v) is 6.06. The fourth-order valence-electron chi connectivity index (χ4n) is 3.51. The standard InChI is InChI=1S/C18H20N4O/c1-3-22-12(2)15(10-19-22)18(23)21-9-8-14-13-6-4-5-7-16(13)20-17(14)11-21/h4-7,10,20H,3,8-9,11H2,1-2H3. The number of nitrogens with zero attached hydrogens (tertiary/aromatic N) is 3. The number of carbonyl (C=O) groups excluding carboxylic acids is 1. The van der Waals surface area contributed by atoms with Crippen LogP contribution in [-0.2, 0) is 19.5 Å². The number of aromatic nitrogens is 3. The summed E-state index contributed by atoms with van der Waals surface area (Å²) in [4.78, 5) is 18.2. The van der Waals surface area contributed by atoms with Crippen LogP contribution >= 0.6 is 0 Å². The third-order valence-corrected chi connectivity index (χ3v) is 4.80. The molecule has 0 bridgehead atoms. The number of fused-ring (bicyclic) bond motifs is 3. The lowest BCUT2D eigenvalue weighted by Gasteiger charge is -2.27. The summed E-state index contributed by atoms with van der Waals surface area (Å²) in [7, 11) is 0. The lowest BCUT2D eigenvalue weighted by Crippen LogP contribution is -2.36. The molecule has 0 aliphatic carbocycles. The number of carbonyl (C=O) groups is 1. The molecule has 118 valence electrons. The van der Waals surface area contributed by atoms with Crippen LogP contribution in [0, 0.1) is 6.92 Å². The molecule has 0 radical (unpaired) electrons. The van der Waals surface area contributed by atoms with Gasteiger partial charge in [0, 0.05) is 35.4 Å². The Morgan fingerprint density at radius 3 is 2.96 bits per heavy atom. The summed E-state index contributed by atoms with van der Waals surface area (Å²) in [6, 6.07) is 8.35. The molecule has 1 aromatic carbocycles. The number of amides is 1. The molecule has 0 saturated carbocycles. The van der Waals surface area contributed by atoms with Gasteiger partial charge < -0.3 is 9.88 Å². The smallest absolute Gasteiger partial charge is 0.257 e.